The summed E-state index contributed by atoms with van der Waals surface area (Å²) in [6.45, 7) is 5.72. The zero-order chi connectivity index (χ0) is 17.3. The fraction of sp³-hybridized carbons (Fsp3) is 0.278. The number of pyridine rings is 1. The van der Waals surface area contributed by atoms with Crippen LogP contribution in [-0.2, 0) is 18.0 Å². The van der Waals surface area contributed by atoms with E-state index in [4.69, 9.17) is 0 Å². The first kappa shape index (κ1) is 16.5. The molecule has 0 aliphatic carbocycles. The molecule has 0 N–H and O–H groups in total. The first-order valence-corrected chi connectivity index (χ1v) is 8.82. The van der Waals surface area contributed by atoms with Crippen molar-refractivity contribution in [1.29, 1.82) is 0 Å². The van der Waals surface area contributed by atoms with Gasteiger partial charge in [0.15, 0.2) is 5.65 Å². The number of hydrogen-bond acceptors (Lipinski definition) is 3. The zero-order valence-electron chi connectivity index (χ0n) is 14.2. The van der Waals surface area contributed by atoms with Crippen molar-refractivity contribution in [2.24, 2.45) is 11.4 Å². The maximum atomic E-state index is 12.2. The van der Waals surface area contributed by atoms with Gasteiger partial charge >= 0.3 is 0 Å². The van der Waals surface area contributed by atoms with Crippen molar-refractivity contribution >= 4 is 28.2 Å². The molecule has 2 heterocycles. The Labute approximate surface area is 144 Å². The van der Waals surface area contributed by atoms with Crippen molar-refractivity contribution in [1.82, 2.24) is 14.8 Å². The Hall–Kier alpha value is -2.34. The molecule has 1 atom stereocenters. The summed E-state index contributed by atoms with van der Waals surface area (Å²) in [6.07, 6.45) is 3.43. The number of nitrogens with zero attached hydrogens (tertiary/aromatic N) is 4. The van der Waals surface area contributed by atoms with Gasteiger partial charge in [0.1, 0.15) is 16.7 Å². The van der Waals surface area contributed by atoms with E-state index in [1.807, 2.05) is 64.2 Å². The number of fused-ring (bicyclic) bond motifs is 1. The predicted octanol–water partition coefficient (Wildman–Crippen LogP) is 3.52. The van der Waals surface area contributed by atoms with Crippen LogP contribution < -0.4 is 0 Å². The van der Waals surface area contributed by atoms with Gasteiger partial charge in [0, 0.05) is 36.0 Å². The minimum atomic E-state index is -1.29. The van der Waals surface area contributed by atoms with Crippen molar-refractivity contribution in [2.45, 2.75) is 25.5 Å². The normalized spacial score (nSPS) is 13.7. The number of rotatable bonds is 3. The molecule has 2 aromatic heterocycles. The maximum absolute atomic E-state index is 12.2. The highest BCUT2D eigenvalue weighted by molar-refractivity contribution is 7.85. The van der Waals surface area contributed by atoms with Crippen molar-refractivity contribution < 1.29 is 4.21 Å². The molecule has 5 nitrogen and oxygen atoms in total. The molecule has 0 fully saturated rings. The Morgan fingerprint density at radius 3 is 2.67 bits per heavy atom. The van der Waals surface area contributed by atoms with Gasteiger partial charge in [-0.05, 0) is 32.9 Å². The van der Waals surface area contributed by atoms with E-state index < -0.39 is 11.0 Å². The van der Waals surface area contributed by atoms with E-state index in [2.05, 4.69) is 14.5 Å². The number of aryl methyl sites for hydroxylation is 1. The molecule has 124 valence electrons. The van der Waals surface area contributed by atoms with Gasteiger partial charge in [0.2, 0.25) is 0 Å². The van der Waals surface area contributed by atoms with E-state index in [9.17, 15) is 4.21 Å². The zero-order valence-corrected chi connectivity index (χ0v) is 15.0. The molecule has 0 radical (unpaired) electrons. The van der Waals surface area contributed by atoms with Crippen LogP contribution in [0.15, 0.2) is 47.0 Å². The van der Waals surface area contributed by atoms with Crippen LogP contribution in [0.1, 0.15) is 26.3 Å². The average molecular weight is 340 g/mol. The molecule has 3 aromatic rings. The van der Waals surface area contributed by atoms with Gasteiger partial charge in [-0.3, -0.25) is 0 Å². The van der Waals surface area contributed by atoms with Crippen LogP contribution in [0.2, 0.25) is 0 Å². The molecule has 0 unspecified atom stereocenters. The second-order valence-corrected chi connectivity index (χ2v) is 8.46. The van der Waals surface area contributed by atoms with E-state index in [0.29, 0.717) is 0 Å². The second-order valence-electron chi connectivity index (χ2n) is 6.53. The summed E-state index contributed by atoms with van der Waals surface area (Å²) in [5.41, 5.74) is 3.52. The van der Waals surface area contributed by atoms with Crippen molar-refractivity contribution in [3.8, 4) is 11.3 Å². The van der Waals surface area contributed by atoms with Crippen LogP contribution in [-0.4, -0.2) is 29.9 Å². The van der Waals surface area contributed by atoms with Crippen LogP contribution in [0.4, 0.5) is 0 Å². The largest absolute Gasteiger partial charge is 0.250 e. The molecule has 3 rings (SSSR count). The first-order valence-electron chi connectivity index (χ1n) is 7.71. The summed E-state index contributed by atoms with van der Waals surface area (Å²) in [4.78, 5) is 4.38. The lowest BCUT2D eigenvalue weighted by Gasteiger charge is -2.13. The summed E-state index contributed by atoms with van der Waals surface area (Å²) in [5, 5.41) is 5.60. The lowest BCUT2D eigenvalue weighted by Crippen LogP contribution is -2.19. The van der Waals surface area contributed by atoms with Gasteiger partial charge in [-0.15, -0.1) is 0 Å². The standard InChI is InChI=1S/C18H20N4OS/c1-18(2,3)24(23)20-12-13-8-5-6-9-14(13)16-15-10-7-11-19-17(15)22(4)21-16/h5-12H,1-4H3/t24-/m0/s1. The minimum absolute atomic E-state index is 0.382. The van der Waals surface area contributed by atoms with Crippen LogP contribution in [0.3, 0.4) is 0 Å². The second kappa shape index (κ2) is 6.28. The summed E-state index contributed by atoms with van der Waals surface area (Å²) in [7, 11) is 0.586. The molecular weight excluding hydrogens is 320 g/mol. The Morgan fingerprint density at radius 2 is 1.92 bits per heavy atom. The molecule has 0 spiro atoms. The fourth-order valence-corrected chi connectivity index (χ4v) is 2.90. The molecule has 0 aliphatic rings. The highest BCUT2D eigenvalue weighted by Crippen LogP contribution is 2.28. The van der Waals surface area contributed by atoms with Gasteiger partial charge in [-0.1, -0.05) is 24.3 Å². The number of hydrogen-bond donors (Lipinski definition) is 0. The molecule has 0 amide bonds. The van der Waals surface area contributed by atoms with Crippen LogP contribution in [0.5, 0.6) is 0 Å². The Balaban J connectivity index is 2.10. The molecule has 0 saturated carbocycles. The lowest BCUT2D eigenvalue weighted by molar-refractivity contribution is 0.651. The molecule has 0 bridgehead atoms. The van der Waals surface area contributed by atoms with E-state index in [-0.39, 0.29) is 4.75 Å². The van der Waals surface area contributed by atoms with Crippen molar-refractivity contribution in [3.63, 3.8) is 0 Å². The summed E-state index contributed by atoms with van der Waals surface area (Å²) >= 11 is 0. The van der Waals surface area contributed by atoms with Gasteiger partial charge in [-0.25, -0.2) is 13.9 Å². The fourth-order valence-electron chi connectivity index (χ4n) is 2.38. The minimum Gasteiger partial charge on any atom is -0.250 e. The Bertz CT molecular complexity index is 938. The third kappa shape index (κ3) is 3.14. The molecule has 24 heavy (non-hydrogen) atoms. The molecular formula is C18H20N4OS. The number of benzene rings is 1. The van der Waals surface area contributed by atoms with Crippen molar-refractivity contribution in [2.75, 3.05) is 0 Å². The third-order valence-corrected chi connectivity index (χ3v) is 4.97. The average Bonchev–Trinajstić information content (AvgIpc) is 2.89. The van der Waals surface area contributed by atoms with E-state index in [0.717, 1.165) is 27.9 Å². The highest BCUT2D eigenvalue weighted by atomic mass is 32.2. The van der Waals surface area contributed by atoms with Gasteiger partial charge in [-0.2, -0.15) is 9.50 Å². The van der Waals surface area contributed by atoms with Crippen LogP contribution >= 0.6 is 0 Å². The van der Waals surface area contributed by atoms with Crippen LogP contribution in [0, 0.1) is 0 Å². The predicted molar refractivity (Wildman–Crippen MR) is 99.4 cm³/mol. The number of aromatic nitrogens is 3. The summed E-state index contributed by atoms with van der Waals surface area (Å²) in [5.74, 6) is 0. The Morgan fingerprint density at radius 1 is 1.17 bits per heavy atom. The highest BCUT2D eigenvalue weighted by Gasteiger charge is 2.19. The Kier molecular flexibility index (Phi) is 4.32. The quantitative estimate of drug-likeness (QED) is 0.686. The van der Waals surface area contributed by atoms with Crippen LogP contribution in [0.25, 0.3) is 22.3 Å². The first-order chi connectivity index (χ1) is 11.4. The molecule has 6 heteroatoms. The van der Waals surface area contributed by atoms with E-state index in [1.54, 1.807) is 17.1 Å². The van der Waals surface area contributed by atoms with Gasteiger partial charge in [0.05, 0.1) is 4.75 Å². The smallest absolute Gasteiger partial charge is 0.158 e. The lowest BCUT2D eigenvalue weighted by atomic mass is 10.0. The summed E-state index contributed by atoms with van der Waals surface area (Å²) < 4.78 is 17.8. The maximum Gasteiger partial charge on any atom is 0.158 e. The molecule has 0 saturated heterocycles. The van der Waals surface area contributed by atoms with Crippen molar-refractivity contribution in [3.05, 3.63) is 48.2 Å². The van der Waals surface area contributed by atoms with E-state index >= 15 is 0 Å². The molecule has 1 aromatic carbocycles. The molecule has 0 aliphatic heterocycles. The monoisotopic (exact) mass is 340 g/mol. The third-order valence-electron chi connectivity index (χ3n) is 3.63. The van der Waals surface area contributed by atoms with E-state index in [1.165, 1.54) is 0 Å². The topological polar surface area (TPSA) is 60.1 Å². The SMILES string of the molecule is Cn1nc(-c2ccccc2C=N[S@@](=O)C(C)(C)C)c2cccnc21. The summed E-state index contributed by atoms with van der Waals surface area (Å²) in [6, 6.07) is 11.8. The van der Waals surface area contributed by atoms with Gasteiger partial charge < -0.3 is 0 Å². The van der Waals surface area contributed by atoms with Gasteiger partial charge in [0.25, 0.3) is 0 Å².